The molecule has 0 aliphatic heterocycles. The molecule has 1 aromatic heterocycles. The molecule has 1 fully saturated rings. The van der Waals surface area contributed by atoms with E-state index in [-0.39, 0.29) is 0 Å². The molecule has 1 saturated carbocycles. The summed E-state index contributed by atoms with van der Waals surface area (Å²) in [6.45, 7) is 4.50. The third-order valence-electron chi connectivity index (χ3n) is 2.91. The number of hydrogen-bond donors (Lipinski definition) is 0. The van der Waals surface area contributed by atoms with E-state index in [2.05, 4.69) is 21.8 Å². The zero-order chi connectivity index (χ0) is 12.3. The van der Waals surface area contributed by atoms with Crippen molar-refractivity contribution >= 4 is 17.4 Å². The number of halogens is 1. The smallest absolute Gasteiger partial charge is 0.135 e. The van der Waals surface area contributed by atoms with Crippen molar-refractivity contribution in [2.45, 2.75) is 25.7 Å². The molecular formula is C12H18ClN3O. The van der Waals surface area contributed by atoms with Crippen LogP contribution in [0.25, 0.3) is 0 Å². The van der Waals surface area contributed by atoms with Gasteiger partial charge in [-0.1, -0.05) is 11.6 Å². The summed E-state index contributed by atoms with van der Waals surface area (Å²) in [4.78, 5) is 11.0. The second kappa shape index (κ2) is 5.65. The number of nitrogens with zero attached hydrogens (tertiary/aromatic N) is 3. The average Bonchev–Trinajstić information content (AvgIpc) is 3.13. The number of hydrogen-bond acceptors (Lipinski definition) is 4. The SMILES string of the molecule is CCN(CCOC)c1cc(Cl)nc(C2CC2)n1. The van der Waals surface area contributed by atoms with Crippen molar-refractivity contribution in [3.05, 3.63) is 17.0 Å². The molecule has 1 aliphatic carbocycles. The van der Waals surface area contributed by atoms with Gasteiger partial charge in [-0.3, -0.25) is 0 Å². The minimum absolute atomic E-state index is 0.522. The highest BCUT2D eigenvalue weighted by atomic mass is 35.5. The Morgan fingerprint density at radius 1 is 1.47 bits per heavy atom. The lowest BCUT2D eigenvalue weighted by molar-refractivity contribution is 0.205. The zero-order valence-electron chi connectivity index (χ0n) is 10.3. The largest absolute Gasteiger partial charge is 0.383 e. The Bertz CT molecular complexity index is 382. The Morgan fingerprint density at radius 2 is 2.24 bits per heavy atom. The van der Waals surface area contributed by atoms with E-state index in [1.165, 1.54) is 12.8 Å². The van der Waals surface area contributed by atoms with Gasteiger partial charge in [0, 0.05) is 32.2 Å². The standard InChI is InChI=1S/C12H18ClN3O/c1-3-16(6-7-17-2)11-8-10(13)14-12(15-11)9-4-5-9/h8-9H,3-7H2,1-2H3. The van der Waals surface area contributed by atoms with E-state index >= 15 is 0 Å². The van der Waals surface area contributed by atoms with Gasteiger partial charge in [-0.15, -0.1) is 0 Å². The van der Waals surface area contributed by atoms with Crippen molar-refractivity contribution in [2.24, 2.45) is 0 Å². The fourth-order valence-corrected chi connectivity index (χ4v) is 1.93. The molecular weight excluding hydrogens is 238 g/mol. The lowest BCUT2D eigenvalue weighted by atomic mass is 10.3. The monoisotopic (exact) mass is 255 g/mol. The van der Waals surface area contributed by atoms with Crippen LogP contribution in [0.5, 0.6) is 0 Å². The van der Waals surface area contributed by atoms with E-state index in [0.717, 1.165) is 24.7 Å². The van der Waals surface area contributed by atoms with E-state index in [0.29, 0.717) is 17.7 Å². The first kappa shape index (κ1) is 12.6. The predicted molar refractivity (Wildman–Crippen MR) is 68.8 cm³/mol. The van der Waals surface area contributed by atoms with Gasteiger partial charge in [-0.2, -0.15) is 0 Å². The maximum Gasteiger partial charge on any atom is 0.135 e. The van der Waals surface area contributed by atoms with Crippen molar-refractivity contribution in [3.8, 4) is 0 Å². The Hall–Kier alpha value is -0.870. The van der Waals surface area contributed by atoms with Crippen molar-refractivity contribution in [1.82, 2.24) is 9.97 Å². The summed E-state index contributed by atoms with van der Waals surface area (Å²) in [7, 11) is 1.70. The van der Waals surface area contributed by atoms with E-state index in [1.807, 2.05) is 6.07 Å². The van der Waals surface area contributed by atoms with Crippen LogP contribution in [0.1, 0.15) is 31.5 Å². The summed E-state index contributed by atoms with van der Waals surface area (Å²) >= 11 is 6.05. The van der Waals surface area contributed by atoms with Crippen molar-refractivity contribution in [2.75, 3.05) is 31.7 Å². The minimum Gasteiger partial charge on any atom is -0.383 e. The molecule has 1 heterocycles. The molecule has 17 heavy (non-hydrogen) atoms. The van der Waals surface area contributed by atoms with Gasteiger partial charge in [0.1, 0.15) is 16.8 Å². The van der Waals surface area contributed by atoms with Crippen LogP contribution in [0.15, 0.2) is 6.07 Å². The lowest BCUT2D eigenvalue weighted by Gasteiger charge is -2.22. The molecule has 2 rings (SSSR count). The number of anilines is 1. The minimum atomic E-state index is 0.522. The molecule has 0 aromatic carbocycles. The molecule has 1 aliphatic rings. The maximum absolute atomic E-state index is 6.05. The molecule has 94 valence electrons. The van der Waals surface area contributed by atoms with Crippen LogP contribution in [-0.2, 0) is 4.74 Å². The van der Waals surface area contributed by atoms with Crippen molar-refractivity contribution < 1.29 is 4.74 Å². The average molecular weight is 256 g/mol. The van der Waals surface area contributed by atoms with E-state index in [4.69, 9.17) is 16.3 Å². The van der Waals surface area contributed by atoms with E-state index < -0.39 is 0 Å². The van der Waals surface area contributed by atoms with Crippen LogP contribution in [0.3, 0.4) is 0 Å². The van der Waals surface area contributed by atoms with Gasteiger partial charge in [0.25, 0.3) is 0 Å². The van der Waals surface area contributed by atoms with Crippen LogP contribution in [0.4, 0.5) is 5.82 Å². The highest BCUT2D eigenvalue weighted by Crippen LogP contribution is 2.39. The third-order valence-corrected chi connectivity index (χ3v) is 3.11. The summed E-state index contributed by atoms with van der Waals surface area (Å²) in [5.41, 5.74) is 0. The molecule has 5 heteroatoms. The molecule has 0 unspecified atom stereocenters. The van der Waals surface area contributed by atoms with Crippen LogP contribution >= 0.6 is 11.6 Å². The second-order valence-electron chi connectivity index (χ2n) is 4.25. The van der Waals surface area contributed by atoms with Gasteiger partial charge in [0.2, 0.25) is 0 Å². The molecule has 0 N–H and O–H groups in total. The molecule has 0 saturated heterocycles. The normalized spacial score (nSPS) is 15.0. The highest BCUT2D eigenvalue weighted by molar-refractivity contribution is 6.29. The van der Waals surface area contributed by atoms with Crippen molar-refractivity contribution in [1.29, 1.82) is 0 Å². The molecule has 0 spiro atoms. The number of aromatic nitrogens is 2. The van der Waals surface area contributed by atoms with Crippen LogP contribution < -0.4 is 4.90 Å². The predicted octanol–water partition coefficient (Wildman–Crippen LogP) is 2.48. The third kappa shape index (κ3) is 3.30. The molecule has 0 bridgehead atoms. The fraction of sp³-hybridized carbons (Fsp3) is 0.667. The second-order valence-corrected chi connectivity index (χ2v) is 4.64. The Labute approximate surface area is 107 Å². The number of methoxy groups -OCH3 is 1. The first-order chi connectivity index (χ1) is 8.24. The van der Waals surface area contributed by atoms with E-state index in [1.54, 1.807) is 7.11 Å². The van der Waals surface area contributed by atoms with Gasteiger partial charge in [0.05, 0.1) is 6.61 Å². The highest BCUT2D eigenvalue weighted by Gasteiger charge is 2.27. The summed E-state index contributed by atoms with van der Waals surface area (Å²) < 4.78 is 5.10. The summed E-state index contributed by atoms with van der Waals surface area (Å²) in [5.74, 6) is 2.32. The number of ether oxygens (including phenoxy) is 1. The van der Waals surface area contributed by atoms with Gasteiger partial charge >= 0.3 is 0 Å². The molecule has 1 aromatic rings. The lowest BCUT2D eigenvalue weighted by Crippen LogP contribution is -2.28. The zero-order valence-corrected chi connectivity index (χ0v) is 11.1. The Morgan fingerprint density at radius 3 is 2.82 bits per heavy atom. The maximum atomic E-state index is 6.05. The molecule has 0 amide bonds. The van der Waals surface area contributed by atoms with Gasteiger partial charge < -0.3 is 9.64 Å². The van der Waals surface area contributed by atoms with Gasteiger partial charge in [-0.25, -0.2) is 9.97 Å². The number of likely N-dealkylation sites (N-methyl/N-ethyl adjacent to an activating group) is 1. The topological polar surface area (TPSA) is 38.2 Å². The molecule has 4 nitrogen and oxygen atoms in total. The first-order valence-electron chi connectivity index (χ1n) is 6.03. The summed E-state index contributed by atoms with van der Waals surface area (Å²) in [6, 6.07) is 1.83. The molecule has 0 radical (unpaired) electrons. The van der Waals surface area contributed by atoms with Crippen LogP contribution in [0.2, 0.25) is 5.15 Å². The van der Waals surface area contributed by atoms with Gasteiger partial charge in [-0.05, 0) is 19.8 Å². The van der Waals surface area contributed by atoms with E-state index in [9.17, 15) is 0 Å². The first-order valence-corrected chi connectivity index (χ1v) is 6.40. The summed E-state index contributed by atoms with van der Waals surface area (Å²) in [5, 5.41) is 0.535. The Balaban J connectivity index is 2.16. The number of rotatable bonds is 6. The van der Waals surface area contributed by atoms with Crippen LogP contribution in [-0.4, -0.2) is 36.8 Å². The van der Waals surface area contributed by atoms with Crippen LogP contribution in [0, 0.1) is 0 Å². The quantitative estimate of drug-likeness (QED) is 0.732. The Kier molecular flexibility index (Phi) is 4.18. The fourth-order valence-electron chi connectivity index (χ4n) is 1.75. The van der Waals surface area contributed by atoms with Crippen molar-refractivity contribution in [3.63, 3.8) is 0 Å². The van der Waals surface area contributed by atoms with Gasteiger partial charge in [0.15, 0.2) is 0 Å². The molecule has 0 atom stereocenters. The summed E-state index contributed by atoms with van der Waals surface area (Å²) in [6.07, 6.45) is 2.37.